The SMILES string of the molecule is CCC(Br)C(=O)NCC=C(C)C. The van der Waals surface area contributed by atoms with Crippen LogP contribution in [0.15, 0.2) is 11.6 Å². The number of carbonyl (C=O) groups excluding carboxylic acids is 1. The molecule has 0 aliphatic rings. The number of nitrogens with one attached hydrogen (secondary N) is 1. The lowest BCUT2D eigenvalue weighted by Gasteiger charge is -2.06. The first-order chi connectivity index (χ1) is 5.57. The summed E-state index contributed by atoms with van der Waals surface area (Å²) in [6, 6.07) is 0. The molecule has 0 heterocycles. The molecule has 0 aromatic rings. The Hall–Kier alpha value is -0.310. The fourth-order valence-corrected chi connectivity index (χ4v) is 0.814. The predicted molar refractivity (Wildman–Crippen MR) is 55.4 cm³/mol. The van der Waals surface area contributed by atoms with Crippen LogP contribution in [0.1, 0.15) is 27.2 Å². The molecule has 0 bridgehead atoms. The average molecular weight is 234 g/mol. The highest BCUT2D eigenvalue weighted by molar-refractivity contribution is 9.10. The van der Waals surface area contributed by atoms with Gasteiger partial charge in [-0.3, -0.25) is 4.79 Å². The quantitative estimate of drug-likeness (QED) is 0.586. The smallest absolute Gasteiger partial charge is 0.234 e. The Bertz CT molecular complexity index is 173. The molecule has 0 spiro atoms. The number of hydrogen-bond donors (Lipinski definition) is 1. The molecule has 12 heavy (non-hydrogen) atoms. The van der Waals surface area contributed by atoms with Crippen LogP contribution in [0.25, 0.3) is 0 Å². The van der Waals surface area contributed by atoms with Crippen molar-refractivity contribution in [3.05, 3.63) is 11.6 Å². The summed E-state index contributed by atoms with van der Waals surface area (Å²) < 4.78 is 0. The van der Waals surface area contributed by atoms with Crippen LogP contribution < -0.4 is 5.32 Å². The van der Waals surface area contributed by atoms with Gasteiger partial charge in [-0.1, -0.05) is 34.5 Å². The van der Waals surface area contributed by atoms with E-state index in [9.17, 15) is 4.79 Å². The lowest BCUT2D eigenvalue weighted by Crippen LogP contribution is -2.30. The normalized spacial score (nSPS) is 12.0. The molecule has 0 aromatic carbocycles. The maximum atomic E-state index is 11.2. The minimum atomic E-state index is -0.0527. The van der Waals surface area contributed by atoms with Crippen LogP contribution >= 0.6 is 15.9 Å². The molecule has 0 saturated heterocycles. The molecule has 1 atom stereocenters. The first-order valence-corrected chi connectivity index (χ1v) is 5.04. The molecule has 0 radical (unpaired) electrons. The summed E-state index contributed by atoms with van der Waals surface area (Å²) >= 11 is 3.28. The van der Waals surface area contributed by atoms with Crippen molar-refractivity contribution in [3.8, 4) is 0 Å². The number of allylic oxidation sites excluding steroid dienone is 1. The molecule has 0 fully saturated rings. The Morgan fingerprint density at radius 3 is 2.58 bits per heavy atom. The summed E-state index contributed by atoms with van der Waals surface area (Å²) in [5.41, 5.74) is 1.22. The van der Waals surface area contributed by atoms with E-state index >= 15 is 0 Å². The summed E-state index contributed by atoms with van der Waals surface area (Å²) in [5, 5.41) is 2.80. The van der Waals surface area contributed by atoms with Gasteiger partial charge in [-0.05, 0) is 20.3 Å². The van der Waals surface area contributed by atoms with Crippen LogP contribution in [-0.2, 0) is 4.79 Å². The molecule has 0 aromatic heterocycles. The van der Waals surface area contributed by atoms with Crippen molar-refractivity contribution in [2.75, 3.05) is 6.54 Å². The average Bonchev–Trinajstić information content (AvgIpc) is 2.02. The fraction of sp³-hybridized carbons (Fsp3) is 0.667. The molecule has 1 unspecified atom stereocenters. The Balaban J connectivity index is 3.65. The molecule has 1 amide bonds. The van der Waals surface area contributed by atoms with E-state index in [2.05, 4.69) is 21.2 Å². The number of alkyl halides is 1. The van der Waals surface area contributed by atoms with Crippen molar-refractivity contribution in [1.29, 1.82) is 0 Å². The fourth-order valence-electron chi connectivity index (χ4n) is 0.652. The molecule has 0 aliphatic heterocycles. The molecule has 2 nitrogen and oxygen atoms in total. The number of halogens is 1. The third kappa shape index (κ3) is 5.35. The summed E-state index contributed by atoms with van der Waals surface area (Å²) in [6.45, 7) is 6.62. The maximum absolute atomic E-state index is 11.2. The van der Waals surface area contributed by atoms with Gasteiger partial charge in [-0.2, -0.15) is 0 Å². The van der Waals surface area contributed by atoms with E-state index < -0.39 is 0 Å². The van der Waals surface area contributed by atoms with Crippen molar-refractivity contribution in [2.45, 2.75) is 32.0 Å². The maximum Gasteiger partial charge on any atom is 0.234 e. The van der Waals surface area contributed by atoms with Gasteiger partial charge < -0.3 is 5.32 Å². The zero-order valence-electron chi connectivity index (χ0n) is 7.86. The summed E-state index contributed by atoms with van der Waals surface area (Å²) in [7, 11) is 0. The minimum absolute atomic E-state index is 0.0527. The van der Waals surface area contributed by atoms with Gasteiger partial charge >= 0.3 is 0 Å². The standard InChI is InChI=1S/C9H16BrNO/c1-4-8(10)9(12)11-6-5-7(2)3/h5,8H,4,6H2,1-3H3,(H,11,12). The topological polar surface area (TPSA) is 29.1 Å². The molecule has 70 valence electrons. The van der Waals surface area contributed by atoms with Crippen molar-refractivity contribution >= 4 is 21.8 Å². The molecule has 0 rings (SSSR count). The van der Waals surface area contributed by atoms with Crippen LogP contribution in [0.3, 0.4) is 0 Å². The van der Waals surface area contributed by atoms with Crippen molar-refractivity contribution < 1.29 is 4.79 Å². The minimum Gasteiger partial charge on any atom is -0.352 e. The highest BCUT2D eigenvalue weighted by Gasteiger charge is 2.09. The van der Waals surface area contributed by atoms with Gasteiger partial charge in [0, 0.05) is 6.54 Å². The highest BCUT2D eigenvalue weighted by Crippen LogP contribution is 2.03. The van der Waals surface area contributed by atoms with Crippen LogP contribution in [-0.4, -0.2) is 17.3 Å². The Labute approximate surface area is 82.5 Å². The van der Waals surface area contributed by atoms with Crippen molar-refractivity contribution in [1.82, 2.24) is 5.32 Å². The molecular weight excluding hydrogens is 218 g/mol. The van der Waals surface area contributed by atoms with E-state index in [1.165, 1.54) is 5.57 Å². The first-order valence-electron chi connectivity index (χ1n) is 4.13. The number of hydrogen-bond acceptors (Lipinski definition) is 1. The molecule has 1 N–H and O–H groups in total. The molecule has 0 aliphatic carbocycles. The third-order valence-corrected chi connectivity index (χ3v) is 2.49. The van der Waals surface area contributed by atoms with Crippen molar-refractivity contribution in [3.63, 3.8) is 0 Å². The van der Waals surface area contributed by atoms with Gasteiger partial charge in [0.25, 0.3) is 0 Å². The summed E-state index contributed by atoms with van der Waals surface area (Å²) in [5.74, 6) is 0.0648. The lowest BCUT2D eigenvalue weighted by molar-refractivity contribution is -0.120. The zero-order valence-corrected chi connectivity index (χ0v) is 9.44. The van der Waals surface area contributed by atoms with E-state index in [0.717, 1.165) is 6.42 Å². The predicted octanol–water partition coefficient (Wildman–Crippen LogP) is 2.24. The Kier molecular flexibility index (Phi) is 6.07. The van der Waals surface area contributed by atoms with Gasteiger partial charge in [0.05, 0.1) is 4.83 Å². The summed E-state index contributed by atoms with van der Waals surface area (Å²) in [4.78, 5) is 11.1. The number of amides is 1. The van der Waals surface area contributed by atoms with Crippen molar-refractivity contribution in [2.24, 2.45) is 0 Å². The first kappa shape index (κ1) is 11.7. The second-order valence-electron chi connectivity index (χ2n) is 2.90. The zero-order chi connectivity index (χ0) is 9.56. The molecular formula is C9H16BrNO. The van der Waals surface area contributed by atoms with Gasteiger partial charge in [0.2, 0.25) is 5.91 Å². The number of carbonyl (C=O) groups is 1. The summed E-state index contributed by atoms with van der Waals surface area (Å²) in [6.07, 6.45) is 2.81. The van der Waals surface area contributed by atoms with Crippen LogP contribution in [0.2, 0.25) is 0 Å². The van der Waals surface area contributed by atoms with Gasteiger partial charge in [-0.15, -0.1) is 0 Å². The Morgan fingerprint density at radius 1 is 1.58 bits per heavy atom. The Morgan fingerprint density at radius 2 is 2.17 bits per heavy atom. The third-order valence-electron chi connectivity index (χ3n) is 1.43. The van der Waals surface area contributed by atoms with E-state index in [0.29, 0.717) is 6.54 Å². The van der Waals surface area contributed by atoms with E-state index in [1.54, 1.807) is 0 Å². The van der Waals surface area contributed by atoms with Gasteiger partial charge in [0.1, 0.15) is 0 Å². The largest absolute Gasteiger partial charge is 0.352 e. The monoisotopic (exact) mass is 233 g/mol. The molecule has 3 heteroatoms. The van der Waals surface area contributed by atoms with Gasteiger partial charge in [-0.25, -0.2) is 0 Å². The van der Waals surface area contributed by atoms with E-state index in [1.807, 2.05) is 26.8 Å². The van der Waals surface area contributed by atoms with Crippen LogP contribution in [0.4, 0.5) is 0 Å². The number of rotatable bonds is 4. The van der Waals surface area contributed by atoms with Crippen LogP contribution in [0.5, 0.6) is 0 Å². The van der Waals surface area contributed by atoms with Crippen LogP contribution in [0, 0.1) is 0 Å². The molecule has 0 saturated carbocycles. The second kappa shape index (κ2) is 6.23. The second-order valence-corrected chi connectivity index (χ2v) is 4.01. The highest BCUT2D eigenvalue weighted by atomic mass is 79.9. The van der Waals surface area contributed by atoms with Gasteiger partial charge in [0.15, 0.2) is 0 Å². The van der Waals surface area contributed by atoms with E-state index in [4.69, 9.17) is 0 Å². The van der Waals surface area contributed by atoms with E-state index in [-0.39, 0.29) is 10.7 Å². The lowest BCUT2D eigenvalue weighted by atomic mass is 10.3.